The van der Waals surface area contributed by atoms with Gasteiger partial charge in [0, 0.05) is 24.8 Å². The van der Waals surface area contributed by atoms with Gasteiger partial charge in [-0.3, -0.25) is 0 Å². The molecule has 1 aromatic rings. The average molecular weight is 230 g/mol. The van der Waals surface area contributed by atoms with Crippen molar-refractivity contribution in [2.24, 2.45) is 5.92 Å². The predicted octanol–water partition coefficient (Wildman–Crippen LogP) is 2.93. The Morgan fingerprint density at radius 3 is 3.18 bits per heavy atom. The van der Waals surface area contributed by atoms with Gasteiger partial charge in [-0.15, -0.1) is 0 Å². The van der Waals surface area contributed by atoms with E-state index in [1.807, 2.05) is 0 Å². The summed E-state index contributed by atoms with van der Waals surface area (Å²) in [6.45, 7) is 4.47. The normalized spacial score (nSPS) is 26.2. The summed E-state index contributed by atoms with van der Waals surface area (Å²) in [6.07, 6.45) is 5.21. The van der Waals surface area contributed by atoms with E-state index in [1.54, 1.807) is 5.56 Å². The van der Waals surface area contributed by atoms with Crippen LogP contribution in [-0.2, 0) is 13.0 Å². The fourth-order valence-electron chi connectivity index (χ4n) is 2.94. The van der Waals surface area contributed by atoms with Crippen molar-refractivity contribution in [3.8, 4) is 0 Å². The first-order valence-electron chi connectivity index (χ1n) is 6.96. The SMILES string of the molecule is CCC1CC1NCc1cccc2c1CCCN2. The second-order valence-electron chi connectivity index (χ2n) is 5.37. The molecule has 2 aliphatic rings. The Kier molecular flexibility index (Phi) is 3.06. The van der Waals surface area contributed by atoms with Crippen LogP contribution in [0.15, 0.2) is 18.2 Å². The monoisotopic (exact) mass is 230 g/mol. The summed E-state index contributed by atoms with van der Waals surface area (Å²) >= 11 is 0. The van der Waals surface area contributed by atoms with E-state index in [4.69, 9.17) is 0 Å². The van der Waals surface area contributed by atoms with E-state index in [9.17, 15) is 0 Å². The number of hydrogen-bond donors (Lipinski definition) is 2. The fraction of sp³-hybridized carbons (Fsp3) is 0.600. The Labute approximate surface area is 104 Å². The second kappa shape index (κ2) is 4.69. The molecule has 1 saturated carbocycles. The van der Waals surface area contributed by atoms with Crippen LogP contribution in [0, 0.1) is 5.92 Å². The number of anilines is 1. The molecule has 2 atom stereocenters. The molecular formula is C15H22N2. The van der Waals surface area contributed by atoms with Crippen LogP contribution in [0.3, 0.4) is 0 Å². The van der Waals surface area contributed by atoms with E-state index < -0.39 is 0 Å². The third-order valence-corrected chi connectivity index (χ3v) is 4.19. The first-order chi connectivity index (χ1) is 8.38. The Balaban J connectivity index is 1.66. The van der Waals surface area contributed by atoms with Gasteiger partial charge in [-0.05, 0) is 42.4 Å². The van der Waals surface area contributed by atoms with Crippen LogP contribution in [0.2, 0.25) is 0 Å². The molecule has 1 aliphatic heterocycles. The molecule has 3 rings (SSSR count). The lowest BCUT2D eigenvalue weighted by Crippen LogP contribution is -2.20. The zero-order valence-corrected chi connectivity index (χ0v) is 10.6. The van der Waals surface area contributed by atoms with E-state index in [1.165, 1.54) is 36.9 Å². The van der Waals surface area contributed by atoms with Crippen LogP contribution in [-0.4, -0.2) is 12.6 Å². The highest BCUT2D eigenvalue weighted by atomic mass is 15.0. The van der Waals surface area contributed by atoms with Gasteiger partial charge in [0.25, 0.3) is 0 Å². The van der Waals surface area contributed by atoms with Gasteiger partial charge < -0.3 is 10.6 Å². The molecule has 2 nitrogen and oxygen atoms in total. The standard InChI is InChI=1S/C15H22N2/c1-2-11-9-15(11)17-10-12-5-3-7-14-13(12)6-4-8-16-14/h3,5,7,11,15-17H,2,4,6,8-10H2,1H3. The van der Waals surface area contributed by atoms with Crippen molar-refractivity contribution in [1.29, 1.82) is 0 Å². The van der Waals surface area contributed by atoms with E-state index in [0.717, 1.165) is 25.0 Å². The lowest BCUT2D eigenvalue weighted by atomic mass is 9.97. The third kappa shape index (κ3) is 2.32. The molecule has 0 amide bonds. The van der Waals surface area contributed by atoms with Gasteiger partial charge >= 0.3 is 0 Å². The van der Waals surface area contributed by atoms with Crippen LogP contribution >= 0.6 is 0 Å². The Bertz CT molecular complexity index is 400. The highest BCUT2D eigenvalue weighted by molar-refractivity contribution is 5.56. The van der Waals surface area contributed by atoms with Crippen molar-refractivity contribution in [3.05, 3.63) is 29.3 Å². The highest BCUT2D eigenvalue weighted by Crippen LogP contribution is 2.34. The van der Waals surface area contributed by atoms with Gasteiger partial charge in [0.1, 0.15) is 0 Å². The smallest absolute Gasteiger partial charge is 0.0375 e. The molecule has 2 unspecified atom stereocenters. The Hall–Kier alpha value is -1.02. The van der Waals surface area contributed by atoms with Crippen molar-refractivity contribution in [1.82, 2.24) is 5.32 Å². The topological polar surface area (TPSA) is 24.1 Å². The van der Waals surface area contributed by atoms with Gasteiger partial charge in [0.15, 0.2) is 0 Å². The maximum atomic E-state index is 3.70. The van der Waals surface area contributed by atoms with Crippen LogP contribution in [0.25, 0.3) is 0 Å². The molecule has 1 aliphatic carbocycles. The summed E-state index contributed by atoms with van der Waals surface area (Å²) in [7, 11) is 0. The minimum absolute atomic E-state index is 0.785. The molecule has 92 valence electrons. The molecule has 0 bridgehead atoms. The average Bonchev–Trinajstić information content (AvgIpc) is 3.15. The zero-order valence-electron chi connectivity index (χ0n) is 10.6. The first-order valence-corrected chi connectivity index (χ1v) is 6.96. The number of nitrogens with one attached hydrogen (secondary N) is 2. The number of fused-ring (bicyclic) bond motifs is 1. The first kappa shape index (κ1) is 11.1. The van der Waals surface area contributed by atoms with E-state index >= 15 is 0 Å². The van der Waals surface area contributed by atoms with E-state index in [-0.39, 0.29) is 0 Å². The summed E-state index contributed by atoms with van der Waals surface area (Å²) < 4.78 is 0. The fourth-order valence-corrected chi connectivity index (χ4v) is 2.94. The second-order valence-corrected chi connectivity index (χ2v) is 5.37. The van der Waals surface area contributed by atoms with Crippen LogP contribution in [0.4, 0.5) is 5.69 Å². The van der Waals surface area contributed by atoms with Gasteiger partial charge in [0.05, 0.1) is 0 Å². The molecule has 1 fully saturated rings. The van der Waals surface area contributed by atoms with Crippen molar-refractivity contribution in [2.45, 2.75) is 45.2 Å². The predicted molar refractivity (Wildman–Crippen MR) is 72.3 cm³/mol. The van der Waals surface area contributed by atoms with E-state index in [0.29, 0.717) is 0 Å². The largest absolute Gasteiger partial charge is 0.385 e. The summed E-state index contributed by atoms with van der Waals surface area (Å²) in [4.78, 5) is 0. The van der Waals surface area contributed by atoms with Gasteiger partial charge in [-0.1, -0.05) is 25.5 Å². The number of rotatable bonds is 4. The lowest BCUT2D eigenvalue weighted by molar-refractivity contribution is 0.619. The highest BCUT2D eigenvalue weighted by Gasteiger charge is 2.34. The molecule has 0 saturated heterocycles. The lowest BCUT2D eigenvalue weighted by Gasteiger charge is -2.21. The quantitative estimate of drug-likeness (QED) is 0.831. The van der Waals surface area contributed by atoms with Crippen molar-refractivity contribution in [2.75, 3.05) is 11.9 Å². The summed E-state index contributed by atoms with van der Waals surface area (Å²) in [5, 5.41) is 7.19. The third-order valence-electron chi connectivity index (χ3n) is 4.19. The molecule has 0 aromatic heterocycles. The van der Waals surface area contributed by atoms with E-state index in [2.05, 4.69) is 35.8 Å². The molecule has 1 heterocycles. The summed E-state index contributed by atoms with van der Waals surface area (Å²) in [5.41, 5.74) is 4.40. The molecule has 1 aromatic carbocycles. The molecule has 17 heavy (non-hydrogen) atoms. The number of benzene rings is 1. The van der Waals surface area contributed by atoms with Crippen molar-refractivity contribution in [3.63, 3.8) is 0 Å². The minimum atomic E-state index is 0.785. The van der Waals surface area contributed by atoms with Gasteiger partial charge in [-0.2, -0.15) is 0 Å². The zero-order chi connectivity index (χ0) is 11.7. The number of hydrogen-bond acceptors (Lipinski definition) is 2. The summed E-state index contributed by atoms with van der Waals surface area (Å²) in [6, 6.07) is 7.46. The van der Waals surface area contributed by atoms with Crippen LogP contribution in [0.5, 0.6) is 0 Å². The van der Waals surface area contributed by atoms with Crippen molar-refractivity contribution >= 4 is 5.69 Å². The maximum Gasteiger partial charge on any atom is 0.0375 e. The summed E-state index contributed by atoms with van der Waals surface area (Å²) in [5.74, 6) is 0.938. The van der Waals surface area contributed by atoms with Gasteiger partial charge in [0.2, 0.25) is 0 Å². The molecule has 0 radical (unpaired) electrons. The van der Waals surface area contributed by atoms with Gasteiger partial charge in [-0.25, -0.2) is 0 Å². The van der Waals surface area contributed by atoms with Crippen LogP contribution in [0.1, 0.15) is 37.3 Å². The Morgan fingerprint density at radius 1 is 1.41 bits per heavy atom. The molecule has 2 heteroatoms. The Morgan fingerprint density at radius 2 is 2.35 bits per heavy atom. The molecule has 0 spiro atoms. The minimum Gasteiger partial charge on any atom is -0.385 e. The maximum absolute atomic E-state index is 3.70. The van der Waals surface area contributed by atoms with Crippen LogP contribution < -0.4 is 10.6 Å². The molecule has 2 N–H and O–H groups in total. The van der Waals surface area contributed by atoms with Crippen molar-refractivity contribution < 1.29 is 0 Å². The molecular weight excluding hydrogens is 208 g/mol.